The van der Waals surface area contributed by atoms with Crippen molar-refractivity contribution in [3.8, 4) is 0 Å². The van der Waals surface area contributed by atoms with Crippen LogP contribution in [0.2, 0.25) is 0 Å². The van der Waals surface area contributed by atoms with Gasteiger partial charge in [0, 0.05) is 11.1 Å². The first kappa shape index (κ1) is 19.5. The number of aromatic nitrogens is 1. The maximum Gasteiger partial charge on any atom is 0.310 e. The Kier molecular flexibility index (Phi) is 6.22. The first-order valence-electron chi connectivity index (χ1n) is 8.34. The van der Waals surface area contributed by atoms with E-state index in [0.717, 1.165) is 16.5 Å². The number of pyridine rings is 1. The van der Waals surface area contributed by atoms with Crippen LogP contribution in [0.4, 0.5) is 0 Å². The van der Waals surface area contributed by atoms with Gasteiger partial charge in [0.05, 0.1) is 10.5 Å². The van der Waals surface area contributed by atoms with E-state index in [1.807, 2.05) is 42.5 Å². The zero-order chi connectivity index (χ0) is 19.3. The van der Waals surface area contributed by atoms with E-state index in [4.69, 9.17) is 0 Å². The molecule has 0 radical (unpaired) electrons. The fourth-order valence-electron chi connectivity index (χ4n) is 2.80. The molecule has 0 aliphatic carbocycles. The Morgan fingerprint density at radius 1 is 1.07 bits per heavy atom. The van der Waals surface area contributed by atoms with Crippen LogP contribution in [-0.2, 0) is 15.8 Å². The van der Waals surface area contributed by atoms with E-state index in [-0.39, 0.29) is 12.2 Å². The van der Waals surface area contributed by atoms with Crippen LogP contribution in [0, 0.1) is 5.92 Å². The van der Waals surface area contributed by atoms with Crippen LogP contribution >= 0.6 is 20.2 Å². The topological polar surface area (TPSA) is 87.5 Å². The number of rotatable bonds is 8. The number of nitrogens with zero attached hydrogens (tertiary/aromatic N) is 1. The normalized spacial score (nSPS) is 14.7. The molecular weight excluding hydrogens is 381 g/mol. The molecule has 0 amide bonds. The highest BCUT2D eigenvalue weighted by molar-refractivity contribution is 7.99. The molecule has 1 aromatic heterocycles. The maximum atomic E-state index is 11.8. The molecule has 3 aromatic rings. The van der Waals surface area contributed by atoms with Crippen LogP contribution in [0.15, 0.2) is 71.8 Å². The largest absolute Gasteiger partial charge is 0.481 e. The molecule has 0 saturated carbocycles. The first-order valence-corrected chi connectivity index (χ1v) is 10.1. The van der Waals surface area contributed by atoms with E-state index in [0.29, 0.717) is 5.03 Å². The minimum atomic E-state index is -1.90. The van der Waals surface area contributed by atoms with E-state index < -0.39 is 25.7 Å². The van der Waals surface area contributed by atoms with Gasteiger partial charge in [-0.05, 0) is 24.1 Å². The van der Waals surface area contributed by atoms with Crippen molar-refractivity contribution in [1.29, 1.82) is 0 Å². The number of carbonyl (C=O) groups is 1. The van der Waals surface area contributed by atoms with Gasteiger partial charge in [0.2, 0.25) is 0 Å². The van der Waals surface area contributed by atoms with E-state index in [2.05, 4.69) is 4.98 Å². The van der Waals surface area contributed by atoms with Gasteiger partial charge in [-0.3, -0.25) is 9.36 Å². The predicted molar refractivity (Wildman–Crippen MR) is 106 cm³/mol. The molecule has 1 heterocycles. The van der Waals surface area contributed by atoms with Gasteiger partial charge < -0.3 is 10.2 Å². The second-order valence-electron chi connectivity index (χ2n) is 6.18. The van der Waals surface area contributed by atoms with Crippen molar-refractivity contribution in [3.05, 3.63) is 72.3 Å². The van der Waals surface area contributed by atoms with Crippen molar-refractivity contribution in [2.75, 3.05) is 5.75 Å². The third-order valence-corrected chi connectivity index (χ3v) is 6.41. The van der Waals surface area contributed by atoms with Gasteiger partial charge in [-0.2, -0.15) is 0 Å². The summed E-state index contributed by atoms with van der Waals surface area (Å²) in [4.78, 5) is 16.3. The van der Waals surface area contributed by atoms with E-state index in [1.54, 1.807) is 24.3 Å². The van der Waals surface area contributed by atoms with Gasteiger partial charge in [0.15, 0.2) is 13.8 Å². The summed E-state index contributed by atoms with van der Waals surface area (Å²) in [6.07, 6.45) is 0.0909. The smallest absolute Gasteiger partial charge is 0.310 e. The summed E-state index contributed by atoms with van der Waals surface area (Å²) in [6, 6.07) is 20.4. The summed E-state index contributed by atoms with van der Waals surface area (Å²) in [7, 11) is -0.619. The zero-order valence-electron chi connectivity index (χ0n) is 14.4. The molecular formula is C20H18NO4PS. The number of aliphatic carboxylic acids is 1. The van der Waals surface area contributed by atoms with Crippen LogP contribution in [0.25, 0.3) is 10.9 Å². The summed E-state index contributed by atoms with van der Waals surface area (Å²) in [5.74, 6) is -2.43. The average Bonchev–Trinajstić information content (AvgIpc) is 2.70. The fourth-order valence-corrected chi connectivity index (χ4v) is 4.42. The molecule has 0 aliphatic heterocycles. The minimum absolute atomic E-state index is 0.0484. The maximum absolute atomic E-state index is 11.8. The fraction of sp³-hybridized carbons (Fsp3) is 0.200. The number of hydrogen-bond donors (Lipinski definition) is 2. The minimum Gasteiger partial charge on any atom is -0.481 e. The molecule has 5 nitrogen and oxygen atoms in total. The summed E-state index contributed by atoms with van der Waals surface area (Å²) in [6.45, 7) is 0. The van der Waals surface area contributed by atoms with E-state index >= 15 is 0 Å². The Hall–Kier alpha value is -2.27. The predicted octanol–water partition coefficient (Wildman–Crippen LogP) is 4.25. The highest BCUT2D eigenvalue weighted by atomic mass is 32.2. The van der Waals surface area contributed by atoms with Crippen molar-refractivity contribution >= 4 is 37.1 Å². The van der Waals surface area contributed by atoms with Crippen molar-refractivity contribution in [2.24, 2.45) is 5.92 Å². The second-order valence-corrected chi connectivity index (χ2v) is 8.13. The molecule has 2 N–H and O–H groups in total. The third-order valence-electron chi connectivity index (χ3n) is 4.30. The van der Waals surface area contributed by atoms with Gasteiger partial charge in [-0.15, -0.1) is 11.8 Å². The van der Waals surface area contributed by atoms with Gasteiger partial charge in [0.1, 0.15) is 5.92 Å². The summed E-state index contributed by atoms with van der Waals surface area (Å²) < 4.78 is 11.7. The molecule has 2 unspecified atom stereocenters. The Morgan fingerprint density at radius 3 is 2.48 bits per heavy atom. The van der Waals surface area contributed by atoms with Crippen LogP contribution in [0.3, 0.4) is 0 Å². The number of benzene rings is 2. The quantitative estimate of drug-likeness (QED) is 0.435. The molecule has 0 bridgehead atoms. The van der Waals surface area contributed by atoms with Crippen molar-refractivity contribution in [3.63, 3.8) is 0 Å². The Labute approximate surface area is 162 Å². The molecule has 27 heavy (non-hydrogen) atoms. The number of carboxylic acid groups (broad SMARTS) is 1. The lowest BCUT2D eigenvalue weighted by molar-refractivity contribution is -0.146. The summed E-state index contributed by atoms with van der Waals surface area (Å²) >= 11 is 1.19. The molecule has 0 spiro atoms. The number of hydrogen-bond acceptors (Lipinski definition) is 5. The van der Waals surface area contributed by atoms with Gasteiger partial charge in [-0.1, -0.05) is 54.6 Å². The number of para-hydroxylation sites is 1. The van der Waals surface area contributed by atoms with Crippen LogP contribution in [0.5, 0.6) is 0 Å². The molecule has 3 rings (SSSR count). The number of aliphatic hydroxyl groups is 1. The Morgan fingerprint density at radius 2 is 1.78 bits per heavy atom. The average molecular weight is 399 g/mol. The van der Waals surface area contributed by atoms with Gasteiger partial charge in [-0.25, -0.2) is 4.98 Å². The molecule has 138 valence electrons. The third kappa shape index (κ3) is 4.72. The zero-order valence-corrected chi connectivity index (χ0v) is 16.1. The molecule has 2 aromatic carbocycles. The monoisotopic (exact) mass is 399 g/mol. The first-order chi connectivity index (χ1) is 13.0. The lowest BCUT2D eigenvalue weighted by Gasteiger charge is -2.27. The van der Waals surface area contributed by atoms with E-state index in [9.17, 15) is 19.6 Å². The molecule has 2 atom stereocenters. The molecule has 0 aliphatic rings. The Balaban J connectivity index is 1.79. The van der Waals surface area contributed by atoms with Crippen LogP contribution in [0.1, 0.15) is 5.56 Å². The van der Waals surface area contributed by atoms with Crippen molar-refractivity contribution in [1.82, 2.24) is 4.98 Å². The van der Waals surface area contributed by atoms with Gasteiger partial charge >= 0.3 is 5.97 Å². The summed E-state index contributed by atoms with van der Waals surface area (Å²) in [5, 5.41) is 20.2. The van der Waals surface area contributed by atoms with Crippen LogP contribution < -0.4 is 0 Å². The molecule has 0 saturated heterocycles. The van der Waals surface area contributed by atoms with Crippen LogP contribution in [-0.4, -0.2) is 32.3 Å². The highest BCUT2D eigenvalue weighted by Crippen LogP contribution is 2.37. The standard InChI is InChI=1S/C20H18NO4PS/c22-19(23)16(12-14-6-2-1-3-7-14)20(24,26-25)13-27-18-11-10-15-8-4-5-9-17(15)21-18/h1-11,16,24H,12-13H2,(H,22,23). The molecule has 7 heteroatoms. The summed E-state index contributed by atoms with van der Waals surface area (Å²) in [5.41, 5.74) is 1.57. The second kappa shape index (κ2) is 8.61. The number of thioether (sulfide) groups is 1. The lowest BCUT2D eigenvalue weighted by atomic mass is 9.94. The number of fused-ring (bicyclic) bond motifs is 1. The van der Waals surface area contributed by atoms with E-state index in [1.165, 1.54) is 11.8 Å². The van der Waals surface area contributed by atoms with Crippen molar-refractivity contribution < 1.29 is 19.6 Å². The molecule has 0 fully saturated rings. The lowest BCUT2D eigenvalue weighted by Crippen LogP contribution is -2.41. The highest BCUT2D eigenvalue weighted by Gasteiger charge is 2.43. The Bertz CT molecular complexity index is 953. The van der Waals surface area contributed by atoms with Gasteiger partial charge in [0.25, 0.3) is 0 Å². The SMILES string of the molecule is O=PC(O)(CSc1ccc2ccccc2n1)C(Cc1ccccc1)C(=O)O. The number of carboxylic acids is 1. The van der Waals surface area contributed by atoms with Crippen molar-refractivity contribution in [2.45, 2.75) is 16.8 Å².